The molecule has 0 saturated heterocycles. The number of nitrogens with zero attached hydrogens (tertiary/aromatic N) is 1. The van der Waals surface area contributed by atoms with Crippen LogP contribution in [0.1, 0.15) is 33.5 Å². The van der Waals surface area contributed by atoms with Crippen LogP contribution in [0.5, 0.6) is 5.75 Å². The van der Waals surface area contributed by atoms with Crippen LogP contribution < -0.4 is 11.5 Å². The number of phenolic OH excluding ortho intramolecular Hbond substituents is 1. The molecule has 3 aliphatic rings. The summed E-state index contributed by atoms with van der Waals surface area (Å²) >= 11 is 1.49. The number of phenols is 1. The van der Waals surface area contributed by atoms with Gasteiger partial charge in [0.05, 0.1) is 11.6 Å². The topological polar surface area (TPSA) is 167 Å². The van der Waals surface area contributed by atoms with Crippen LogP contribution in [0.4, 0.5) is 0 Å². The lowest BCUT2D eigenvalue weighted by Gasteiger charge is -2.49. The quantitative estimate of drug-likeness (QED) is 0.373. The number of thioether (sulfide) groups is 1. The molecule has 9 nitrogen and oxygen atoms in total. The zero-order chi connectivity index (χ0) is 25.1. The molecule has 0 bridgehead atoms. The maximum Gasteiger partial charge on any atom is 0.255 e. The first kappa shape index (κ1) is 24.5. The molecule has 1 unspecified atom stereocenters. The number of fused-ring (bicyclic) bond motifs is 3. The summed E-state index contributed by atoms with van der Waals surface area (Å²) in [6.07, 6.45) is 3.69. The molecule has 0 spiro atoms. The highest BCUT2D eigenvalue weighted by atomic mass is 32.2. The Hall–Kier alpha value is -2.66. The highest BCUT2D eigenvalue weighted by molar-refractivity contribution is 7.97. The first-order valence-corrected chi connectivity index (χ1v) is 12.4. The van der Waals surface area contributed by atoms with E-state index in [4.69, 9.17) is 11.5 Å². The monoisotopic (exact) mass is 487 g/mol. The third-order valence-electron chi connectivity index (χ3n) is 7.27. The van der Waals surface area contributed by atoms with Gasteiger partial charge in [0.2, 0.25) is 5.78 Å². The Morgan fingerprint density at radius 1 is 1.26 bits per heavy atom. The standard InChI is InChI=1S/C24H29N3O6S/c1-27(2)18-15-6-10-5-13-11(8-25)4-12(9-34-3)19(28)16(13)20(29)14(10)7-24(15,33)22(31)17(21(18)30)23(26)32/h4,7,10,15,18,28,30,33H,5-6,8-9,25H2,1-3H3,(H2,26,32)/t10-,15-,18?,24+/m0/s1. The predicted octanol–water partition coefficient (Wildman–Crippen LogP) is 0.557. The predicted molar refractivity (Wildman–Crippen MR) is 127 cm³/mol. The first-order valence-electron chi connectivity index (χ1n) is 11.0. The lowest BCUT2D eigenvalue weighted by atomic mass is 9.59. The van der Waals surface area contributed by atoms with E-state index in [1.54, 1.807) is 19.0 Å². The lowest BCUT2D eigenvalue weighted by Crippen LogP contribution is -2.61. The summed E-state index contributed by atoms with van der Waals surface area (Å²) in [4.78, 5) is 40.5. The van der Waals surface area contributed by atoms with Crippen molar-refractivity contribution in [3.05, 3.63) is 51.3 Å². The van der Waals surface area contributed by atoms with Gasteiger partial charge in [-0.15, -0.1) is 0 Å². The average Bonchev–Trinajstić information content (AvgIpc) is 2.76. The van der Waals surface area contributed by atoms with Gasteiger partial charge >= 0.3 is 0 Å². The fourth-order valence-corrected chi connectivity index (χ4v) is 6.30. The average molecular weight is 488 g/mol. The molecule has 10 heteroatoms. The largest absolute Gasteiger partial charge is 0.510 e. The molecule has 7 N–H and O–H groups in total. The molecule has 0 fully saturated rings. The van der Waals surface area contributed by atoms with E-state index in [1.165, 1.54) is 17.8 Å². The van der Waals surface area contributed by atoms with Crippen LogP contribution in [0.3, 0.4) is 0 Å². The smallest absolute Gasteiger partial charge is 0.255 e. The van der Waals surface area contributed by atoms with Crippen LogP contribution in [0.15, 0.2) is 29.0 Å². The Labute approximate surface area is 201 Å². The Morgan fingerprint density at radius 2 is 1.94 bits per heavy atom. The van der Waals surface area contributed by atoms with Crippen LogP contribution in [0.2, 0.25) is 0 Å². The number of rotatable bonds is 5. The molecule has 0 heterocycles. The van der Waals surface area contributed by atoms with E-state index in [9.17, 15) is 29.7 Å². The lowest BCUT2D eigenvalue weighted by molar-refractivity contribution is -0.142. The van der Waals surface area contributed by atoms with Gasteiger partial charge in [0.15, 0.2) is 11.4 Å². The summed E-state index contributed by atoms with van der Waals surface area (Å²) in [7, 11) is 3.32. The van der Waals surface area contributed by atoms with E-state index in [2.05, 4.69) is 0 Å². The van der Waals surface area contributed by atoms with Crippen molar-refractivity contribution in [1.82, 2.24) is 4.90 Å². The molecular formula is C24H29N3O6S. The normalized spacial score (nSPS) is 28.4. The van der Waals surface area contributed by atoms with Crippen molar-refractivity contribution < 1.29 is 29.7 Å². The van der Waals surface area contributed by atoms with Crippen LogP contribution in [-0.2, 0) is 28.3 Å². The minimum atomic E-state index is -2.20. The maximum atomic E-state index is 13.7. The number of aliphatic hydroxyl groups excluding tert-OH is 1. The molecule has 3 aliphatic carbocycles. The van der Waals surface area contributed by atoms with Gasteiger partial charge < -0.3 is 26.8 Å². The van der Waals surface area contributed by atoms with Crippen molar-refractivity contribution in [2.24, 2.45) is 23.3 Å². The molecule has 1 aromatic rings. The number of carbonyl (C=O) groups is 3. The Morgan fingerprint density at radius 3 is 2.50 bits per heavy atom. The number of hydrogen-bond donors (Lipinski definition) is 5. The van der Waals surface area contributed by atoms with E-state index >= 15 is 0 Å². The van der Waals surface area contributed by atoms with Crippen LogP contribution in [-0.4, -0.2) is 69.7 Å². The highest BCUT2D eigenvalue weighted by Crippen LogP contribution is 2.50. The van der Waals surface area contributed by atoms with Crippen molar-refractivity contribution in [2.45, 2.75) is 36.8 Å². The Kier molecular flexibility index (Phi) is 6.14. The summed E-state index contributed by atoms with van der Waals surface area (Å²) in [5, 5.41) is 33.3. The van der Waals surface area contributed by atoms with E-state index in [1.807, 2.05) is 12.3 Å². The van der Waals surface area contributed by atoms with E-state index in [-0.39, 0.29) is 35.8 Å². The van der Waals surface area contributed by atoms with Crippen molar-refractivity contribution in [3.8, 4) is 5.75 Å². The Bertz CT molecular complexity index is 1170. The summed E-state index contributed by atoms with van der Waals surface area (Å²) in [6, 6.07) is 0.970. The number of aliphatic hydroxyl groups is 2. The fraction of sp³-hybridized carbons (Fsp3) is 0.458. The van der Waals surface area contributed by atoms with Crippen molar-refractivity contribution in [1.29, 1.82) is 0 Å². The third kappa shape index (κ3) is 3.39. The maximum absolute atomic E-state index is 13.7. The van der Waals surface area contributed by atoms with Crippen molar-refractivity contribution in [2.75, 3.05) is 20.4 Å². The van der Waals surface area contributed by atoms with Crippen LogP contribution >= 0.6 is 11.8 Å². The first-order chi connectivity index (χ1) is 16.0. The number of nitrogens with two attached hydrogens (primary N) is 2. The number of benzene rings is 1. The number of hydrogen-bond acceptors (Lipinski definition) is 9. The molecule has 0 saturated carbocycles. The van der Waals surface area contributed by atoms with Gasteiger partial charge in [-0.25, -0.2) is 0 Å². The van der Waals surface area contributed by atoms with Gasteiger partial charge in [-0.05, 0) is 62.4 Å². The second-order valence-corrected chi connectivity index (χ2v) is 10.3. The third-order valence-corrected chi connectivity index (χ3v) is 7.87. The molecule has 4 rings (SSSR count). The second-order valence-electron chi connectivity index (χ2n) is 9.39. The summed E-state index contributed by atoms with van der Waals surface area (Å²) < 4.78 is 0. The van der Waals surface area contributed by atoms with Gasteiger partial charge in [0, 0.05) is 29.4 Å². The van der Waals surface area contributed by atoms with E-state index in [0.717, 1.165) is 5.56 Å². The second kappa shape index (κ2) is 8.53. The fourth-order valence-electron chi connectivity index (χ4n) is 5.77. The number of Topliss-reactive ketones (excluding diaryl/α,β-unsaturated/α-hetero) is 2. The highest BCUT2D eigenvalue weighted by Gasteiger charge is 2.58. The summed E-state index contributed by atoms with van der Waals surface area (Å²) in [5.74, 6) is -3.91. The molecule has 34 heavy (non-hydrogen) atoms. The molecule has 4 atom stereocenters. The Balaban J connectivity index is 1.91. The van der Waals surface area contributed by atoms with Crippen molar-refractivity contribution in [3.63, 3.8) is 0 Å². The zero-order valence-electron chi connectivity index (χ0n) is 19.3. The van der Waals surface area contributed by atoms with Gasteiger partial charge in [0.1, 0.15) is 17.1 Å². The number of likely N-dealkylation sites (N-methyl/N-ethyl adjacent to an activating group) is 1. The van der Waals surface area contributed by atoms with Crippen molar-refractivity contribution >= 4 is 29.2 Å². The zero-order valence-corrected chi connectivity index (χ0v) is 20.1. The molecule has 1 amide bonds. The SMILES string of the molecule is CSCc1cc(CN)c2c(c1O)C(=O)C1=C[C@]3(O)C(=O)C(C(N)=O)=C(O)C(N(C)C)[C@@H]3C[C@@H]1C2. The van der Waals surface area contributed by atoms with Gasteiger partial charge in [-0.3, -0.25) is 19.3 Å². The minimum absolute atomic E-state index is 0.114. The molecular weight excluding hydrogens is 458 g/mol. The number of primary amides is 1. The molecule has 0 aromatic heterocycles. The molecule has 1 aromatic carbocycles. The van der Waals surface area contributed by atoms with Gasteiger partial charge in [-0.1, -0.05) is 0 Å². The molecule has 0 aliphatic heterocycles. The molecule has 0 radical (unpaired) electrons. The number of ketones is 2. The number of carbonyl (C=O) groups excluding carboxylic acids is 3. The molecule has 182 valence electrons. The number of amides is 1. The number of aromatic hydroxyl groups is 1. The number of allylic oxidation sites excluding steroid dienone is 1. The van der Waals surface area contributed by atoms with Crippen LogP contribution in [0.25, 0.3) is 0 Å². The van der Waals surface area contributed by atoms with Gasteiger partial charge in [-0.2, -0.15) is 11.8 Å². The minimum Gasteiger partial charge on any atom is -0.510 e. The van der Waals surface area contributed by atoms with Gasteiger partial charge in [0.25, 0.3) is 5.91 Å². The summed E-state index contributed by atoms with van der Waals surface area (Å²) in [5.41, 5.74) is 10.9. The van der Waals surface area contributed by atoms with Crippen LogP contribution in [0, 0.1) is 11.8 Å². The van der Waals surface area contributed by atoms with E-state index < -0.39 is 46.4 Å². The summed E-state index contributed by atoms with van der Waals surface area (Å²) in [6.45, 7) is 0.195. The van der Waals surface area contributed by atoms with E-state index in [0.29, 0.717) is 23.3 Å².